The summed E-state index contributed by atoms with van der Waals surface area (Å²) in [4.78, 5) is 35.0. The fraction of sp³-hybridized carbons (Fsp3) is 0.556. The van der Waals surface area contributed by atoms with Crippen LogP contribution in [-0.2, 0) is 35.9 Å². The summed E-state index contributed by atoms with van der Waals surface area (Å²) < 4.78 is 56.7. The van der Waals surface area contributed by atoms with Crippen molar-refractivity contribution in [1.29, 1.82) is 0 Å². The summed E-state index contributed by atoms with van der Waals surface area (Å²) in [6.45, 7) is -0.882. The molecule has 19 heteroatoms. The van der Waals surface area contributed by atoms with Gasteiger partial charge in [0, 0.05) is 6.20 Å². The van der Waals surface area contributed by atoms with Gasteiger partial charge in [-0.25, -0.2) is 13.7 Å². The molecule has 0 aromatic carbocycles. The molecule has 0 amide bonds. The average Bonchev–Trinajstić information content (AvgIpc) is 2.78. The molecule has 0 radical (unpaired) electrons. The molecule has 15 nitrogen and oxygen atoms in total. The minimum Gasteiger partial charge on any atom is -0.387 e. The monoisotopic (exact) mass is 482 g/mol. The zero-order chi connectivity index (χ0) is 20.9. The Kier molecular flexibility index (Phi) is 6.00. The quantitative estimate of drug-likeness (QED) is 0.245. The third kappa shape index (κ3) is 4.77. The van der Waals surface area contributed by atoms with Crippen LogP contribution in [0.4, 0.5) is 0 Å². The molecule has 1 aromatic heterocycles. The van der Waals surface area contributed by atoms with E-state index in [2.05, 4.69) is 27.4 Å². The number of H-pyrrole nitrogens is 2. The first-order valence-corrected chi connectivity index (χ1v) is 12.0. The Labute approximate surface area is 160 Å². The van der Waals surface area contributed by atoms with Crippen LogP contribution >= 0.6 is 35.7 Å². The normalized spacial score (nSPS) is 43.9. The smallest absolute Gasteiger partial charge is 0.387 e. The maximum absolute atomic E-state index is 12.2. The number of nitrogens with one attached hydrogen (secondary N) is 2. The zero-order valence-corrected chi connectivity index (χ0v) is 16.8. The number of aromatic amines is 2. The number of hydrogen-bond donors (Lipinski definition) is 6. The van der Waals surface area contributed by atoms with Gasteiger partial charge in [-0.1, -0.05) is 0 Å². The lowest BCUT2D eigenvalue weighted by molar-refractivity contribution is -0.0235. The van der Waals surface area contributed by atoms with Crippen LogP contribution in [-0.4, -0.2) is 54.9 Å². The maximum Gasteiger partial charge on any atom is 0.492 e. The van der Waals surface area contributed by atoms with Crippen LogP contribution in [0.2, 0.25) is 0 Å². The second-order valence-electron chi connectivity index (χ2n) is 5.53. The van der Waals surface area contributed by atoms with Gasteiger partial charge in [0.2, 0.25) is 0 Å². The van der Waals surface area contributed by atoms with E-state index in [0.717, 1.165) is 6.20 Å². The van der Waals surface area contributed by atoms with E-state index in [1.807, 2.05) is 0 Å². The number of aliphatic hydroxyl groups excluding tert-OH is 2. The van der Waals surface area contributed by atoms with Crippen LogP contribution in [0.3, 0.4) is 0 Å². The highest BCUT2D eigenvalue weighted by molar-refractivity contribution is 7.74. The molecule has 28 heavy (non-hydrogen) atoms. The van der Waals surface area contributed by atoms with Crippen LogP contribution in [0, 0.1) is 4.77 Å². The van der Waals surface area contributed by atoms with Gasteiger partial charge < -0.3 is 29.7 Å². The van der Waals surface area contributed by atoms with Gasteiger partial charge in [-0.05, 0) is 12.2 Å². The van der Waals surface area contributed by atoms with Crippen LogP contribution in [0.25, 0.3) is 0 Å². The van der Waals surface area contributed by atoms with Gasteiger partial charge in [0.25, 0.3) is 5.56 Å². The molecule has 0 bridgehead atoms. The fourth-order valence-corrected chi connectivity index (χ4v) is 7.50. The molecule has 6 atom stereocenters. The second-order valence-corrected chi connectivity index (χ2v) is 10.9. The number of aliphatic hydroxyl groups is 2. The molecule has 3 rings (SSSR count). The molecule has 1 aromatic rings. The summed E-state index contributed by atoms with van der Waals surface area (Å²) in [7, 11) is -15.5. The Morgan fingerprint density at radius 3 is 2.29 bits per heavy atom. The van der Waals surface area contributed by atoms with Crippen molar-refractivity contribution in [3.05, 3.63) is 26.9 Å². The van der Waals surface area contributed by atoms with Crippen LogP contribution in [0.15, 0.2) is 11.0 Å². The topological polar surface area (TPSA) is 227 Å². The minimum atomic E-state index is -5.23. The number of ether oxygens (including phenoxy) is 1. The first-order chi connectivity index (χ1) is 12.8. The first kappa shape index (κ1) is 22.1. The SMILES string of the molecule is O=c1[nH]c(=S)[nH]cc1[C@@H]1O[C@H](COP2(=O)OP(=O)(O)OP(=O)(O)O2)C(O)C1O. The van der Waals surface area contributed by atoms with Crippen molar-refractivity contribution in [2.45, 2.75) is 24.4 Å². The van der Waals surface area contributed by atoms with E-state index in [1.165, 1.54) is 0 Å². The summed E-state index contributed by atoms with van der Waals surface area (Å²) in [5, 5.41) is 20.1. The Hall–Kier alpha value is -0.570. The van der Waals surface area contributed by atoms with E-state index in [9.17, 15) is 28.7 Å². The van der Waals surface area contributed by atoms with Crippen molar-refractivity contribution < 1.29 is 55.9 Å². The Morgan fingerprint density at radius 1 is 1.11 bits per heavy atom. The van der Waals surface area contributed by atoms with Gasteiger partial charge in [0.1, 0.15) is 24.4 Å². The van der Waals surface area contributed by atoms with Crippen molar-refractivity contribution in [1.82, 2.24) is 9.97 Å². The third-order valence-corrected chi connectivity index (χ3v) is 9.11. The largest absolute Gasteiger partial charge is 0.492 e. The van der Waals surface area contributed by atoms with Crippen LogP contribution in [0.1, 0.15) is 11.7 Å². The molecule has 6 N–H and O–H groups in total. The summed E-state index contributed by atoms with van der Waals surface area (Å²) >= 11 is 4.73. The molecular formula is C9H13N2O13P3S. The van der Waals surface area contributed by atoms with Crippen molar-refractivity contribution in [3.8, 4) is 0 Å². The van der Waals surface area contributed by atoms with Crippen molar-refractivity contribution in [3.63, 3.8) is 0 Å². The van der Waals surface area contributed by atoms with Gasteiger partial charge in [-0.2, -0.15) is 12.9 Å². The lowest BCUT2D eigenvalue weighted by Crippen LogP contribution is -2.33. The Bertz CT molecular complexity index is 995. The molecule has 0 saturated carbocycles. The number of hydrogen-bond acceptors (Lipinski definition) is 12. The summed E-state index contributed by atoms with van der Waals surface area (Å²) in [5.74, 6) is 0. The van der Waals surface area contributed by atoms with Crippen molar-refractivity contribution >= 4 is 35.7 Å². The molecule has 2 fully saturated rings. The molecule has 158 valence electrons. The molecule has 0 aliphatic carbocycles. The molecular weight excluding hydrogens is 469 g/mol. The summed E-state index contributed by atoms with van der Waals surface area (Å²) in [5.41, 5.74) is -0.819. The highest BCUT2D eigenvalue weighted by atomic mass is 32.1. The highest BCUT2D eigenvalue weighted by Gasteiger charge is 2.55. The maximum atomic E-state index is 12.2. The lowest BCUT2D eigenvalue weighted by atomic mass is 10.0. The Morgan fingerprint density at radius 2 is 1.71 bits per heavy atom. The van der Waals surface area contributed by atoms with Crippen molar-refractivity contribution in [2.24, 2.45) is 0 Å². The van der Waals surface area contributed by atoms with E-state index in [0.29, 0.717) is 0 Å². The van der Waals surface area contributed by atoms with E-state index >= 15 is 0 Å². The van der Waals surface area contributed by atoms with E-state index < -0.39 is 60.1 Å². The summed E-state index contributed by atoms with van der Waals surface area (Å²) in [6, 6.07) is 0. The van der Waals surface area contributed by atoms with Crippen LogP contribution < -0.4 is 5.56 Å². The molecule has 3 heterocycles. The van der Waals surface area contributed by atoms with Crippen LogP contribution in [0.5, 0.6) is 0 Å². The van der Waals surface area contributed by atoms with Gasteiger partial charge in [0.15, 0.2) is 4.77 Å². The van der Waals surface area contributed by atoms with E-state index in [-0.39, 0.29) is 10.3 Å². The number of aromatic nitrogens is 2. The van der Waals surface area contributed by atoms with Gasteiger partial charge in [-0.3, -0.25) is 14.3 Å². The first-order valence-electron chi connectivity index (χ1n) is 7.18. The number of rotatable bonds is 4. The van der Waals surface area contributed by atoms with Gasteiger partial charge in [0.05, 0.1) is 12.2 Å². The molecule has 2 aliphatic heterocycles. The second kappa shape index (κ2) is 7.60. The summed E-state index contributed by atoms with van der Waals surface area (Å²) in [6.07, 6.45) is -4.90. The molecule has 2 aliphatic rings. The Balaban J connectivity index is 1.74. The standard InChI is InChI=1S/C9H13N2O13P3S/c12-5-4(2-20-27(19)23-25(15,16)22-26(17,18)24-27)21-7(6(5)13)3-1-10-9(28)11-8(3)14/h1,4-7,12-13H,2H2,(H,15,16)(H,17,18)(H2,10,11,14,28)/t4-,5?,6?,7+/m1/s1. The molecule has 4 unspecified atom stereocenters. The minimum absolute atomic E-state index is 0.00967. The lowest BCUT2D eigenvalue weighted by Gasteiger charge is -2.27. The van der Waals surface area contributed by atoms with Gasteiger partial charge >= 0.3 is 23.5 Å². The molecule has 0 spiro atoms. The highest BCUT2D eigenvalue weighted by Crippen LogP contribution is 2.80. The predicted molar refractivity (Wildman–Crippen MR) is 88.3 cm³/mol. The average molecular weight is 482 g/mol. The van der Waals surface area contributed by atoms with E-state index in [1.54, 1.807) is 0 Å². The van der Waals surface area contributed by atoms with E-state index in [4.69, 9.17) is 26.7 Å². The predicted octanol–water partition coefficient (Wildman–Crippen LogP) is -0.0169. The fourth-order valence-electron chi connectivity index (χ4n) is 2.41. The van der Waals surface area contributed by atoms with Crippen molar-refractivity contribution in [2.75, 3.05) is 6.61 Å². The number of phosphoric acid groups is 3. The zero-order valence-electron chi connectivity index (χ0n) is 13.3. The third-order valence-electron chi connectivity index (χ3n) is 3.53. The van der Waals surface area contributed by atoms with Gasteiger partial charge in [-0.15, -0.1) is 0 Å². The molecule has 2 saturated heterocycles.